The first kappa shape index (κ1) is 38.2. The summed E-state index contributed by atoms with van der Waals surface area (Å²) in [4.78, 5) is 43.6. The lowest BCUT2D eigenvalue weighted by Gasteiger charge is -2.20. The first-order chi connectivity index (χ1) is 22.8. The van der Waals surface area contributed by atoms with Gasteiger partial charge in [0.2, 0.25) is 11.9 Å². The van der Waals surface area contributed by atoms with E-state index in [2.05, 4.69) is 43.8 Å². The lowest BCUT2D eigenvalue weighted by atomic mass is 10.1. The third-order valence-corrected chi connectivity index (χ3v) is 7.63. The molecule has 1 aromatic heterocycles. The second-order valence-corrected chi connectivity index (χ2v) is 13.2. The second-order valence-electron chi connectivity index (χ2n) is 11.4. The first-order valence-corrected chi connectivity index (χ1v) is 16.6. The van der Waals surface area contributed by atoms with E-state index in [1.165, 1.54) is 0 Å². The fourth-order valence-corrected chi connectivity index (χ4v) is 5.47. The summed E-state index contributed by atoms with van der Waals surface area (Å²) < 4.78 is 15.4. The van der Waals surface area contributed by atoms with E-state index in [9.17, 15) is 14.4 Å². The summed E-state index contributed by atoms with van der Waals surface area (Å²) >= 11 is 14.1. The Balaban J connectivity index is 1.81. The van der Waals surface area contributed by atoms with E-state index in [4.69, 9.17) is 32.7 Å². The van der Waals surface area contributed by atoms with Crippen LogP contribution in [0.25, 0.3) is 11.3 Å². The van der Waals surface area contributed by atoms with Crippen LogP contribution in [-0.2, 0) is 16.1 Å². The highest BCUT2D eigenvalue weighted by Gasteiger charge is 2.23. The van der Waals surface area contributed by atoms with Gasteiger partial charge in [-0.2, -0.15) is 9.37 Å². The summed E-state index contributed by atoms with van der Waals surface area (Å²) in [5.41, 5.74) is 1.48. The molecule has 3 amide bonds. The standard InChI is InChI=1S/C34H40Cl2N6O5S/c1-7-9-10-15-37-20-27(43)39-30-25(35)17-22(18-26(30)36)19-38-32(41-33(45)47-34(4,5)6)40-31(44)28-21(3)48-42-29(28)23-11-13-24(14-12-23)46-16-8-2/h7-8,11-14,17-18,37H,1-2,9-10,15-16,19-20H2,3-6H3,(H,39,43)(H2,38,40,41,44,45). The Kier molecular flexibility index (Phi) is 14.6. The maximum atomic E-state index is 13.6. The van der Waals surface area contributed by atoms with E-state index in [0.717, 1.165) is 24.4 Å². The third-order valence-electron chi connectivity index (χ3n) is 6.28. The van der Waals surface area contributed by atoms with Crippen LogP contribution in [0.2, 0.25) is 10.0 Å². The van der Waals surface area contributed by atoms with Gasteiger partial charge in [-0.15, -0.1) is 6.58 Å². The molecule has 0 atom stereocenters. The molecule has 2 aromatic carbocycles. The number of amides is 3. The third kappa shape index (κ3) is 12.1. The number of anilines is 1. The van der Waals surface area contributed by atoms with Crippen LogP contribution in [0.1, 0.15) is 54.4 Å². The maximum absolute atomic E-state index is 13.6. The van der Waals surface area contributed by atoms with Gasteiger partial charge < -0.3 is 25.4 Å². The highest BCUT2D eigenvalue weighted by Crippen LogP contribution is 2.32. The molecule has 0 aliphatic heterocycles. The van der Waals surface area contributed by atoms with Crippen molar-refractivity contribution < 1.29 is 23.9 Å². The number of hydrogen-bond acceptors (Lipinski definition) is 8. The van der Waals surface area contributed by atoms with E-state index < -0.39 is 17.6 Å². The summed E-state index contributed by atoms with van der Waals surface area (Å²) in [6.45, 7) is 15.4. The second kappa shape index (κ2) is 18.3. The molecule has 0 radical (unpaired) electrons. The zero-order valence-electron chi connectivity index (χ0n) is 27.4. The smallest absolute Gasteiger partial charge is 0.414 e. The van der Waals surface area contributed by atoms with Crippen LogP contribution in [0.4, 0.5) is 10.5 Å². The Hall–Kier alpha value is -4.23. The lowest BCUT2D eigenvalue weighted by molar-refractivity contribution is -0.115. The molecule has 4 N–H and O–H groups in total. The molecule has 0 unspecified atom stereocenters. The number of nitrogens with one attached hydrogen (secondary N) is 4. The summed E-state index contributed by atoms with van der Waals surface area (Å²) in [6, 6.07) is 10.4. The number of nitrogens with zero attached hydrogens (tertiary/aromatic N) is 2. The van der Waals surface area contributed by atoms with Crippen LogP contribution in [0, 0.1) is 6.92 Å². The van der Waals surface area contributed by atoms with Crippen molar-refractivity contribution in [2.45, 2.75) is 52.7 Å². The minimum absolute atomic E-state index is 0.0559. The van der Waals surface area contributed by atoms with Gasteiger partial charge >= 0.3 is 6.09 Å². The van der Waals surface area contributed by atoms with Crippen molar-refractivity contribution in [3.63, 3.8) is 0 Å². The number of halogens is 2. The zero-order valence-corrected chi connectivity index (χ0v) is 29.7. The monoisotopic (exact) mass is 714 g/mol. The van der Waals surface area contributed by atoms with Crippen LogP contribution in [-0.4, -0.2) is 53.5 Å². The molecule has 0 aliphatic carbocycles. The number of benzene rings is 2. The predicted octanol–water partition coefficient (Wildman–Crippen LogP) is 7.30. The average Bonchev–Trinajstić information content (AvgIpc) is 3.41. The lowest BCUT2D eigenvalue weighted by Crippen LogP contribution is -2.43. The van der Waals surface area contributed by atoms with Crippen molar-refractivity contribution in [1.29, 1.82) is 0 Å². The van der Waals surface area contributed by atoms with Crippen LogP contribution in [0.5, 0.6) is 5.75 Å². The summed E-state index contributed by atoms with van der Waals surface area (Å²) in [6.07, 6.45) is 4.37. The number of aliphatic imine (C=N–C) groups is 1. The summed E-state index contributed by atoms with van der Waals surface area (Å²) in [5, 5.41) is 11.7. The van der Waals surface area contributed by atoms with Gasteiger partial charge in [0, 0.05) is 17.0 Å². The highest BCUT2D eigenvalue weighted by atomic mass is 35.5. The van der Waals surface area contributed by atoms with Gasteiger partial charge in [0.15, 0.2) is 0 Å². The Labute approximate surface area is 295 Å². The molecule has 3 rings (SSSR count). The van der Waals surface area contributed by atoms with Crippen molar-refractivity contribution in [2.75, 3.05) is 25.0 Å². The molecule has 14 heteroatoms. The Morgan fingerprint density at radius 1 is 1.06 bits per heavy atom. The van der Waals surface area contributed by atoms with Crippen LogP contribution < -0.4 is 26.0 Å². The molecule has 11 nitrogen and oxygen atoms in total. The quantitative estimate of drug-likeness (QED) is 0.0590. The van der Waals surface area contributed by atoms with E-state index in [-0.39, 0.29) is 46.3 Å². The van der Waals surface area contributed by atoms with Crippen molar-refractivity contribution in [2.24, 2.45) is 4.99 Å². The number of alkyl carbamates (subject to hydrolysis) is 1. The predicted molar refractivity (Wildman–Crippen MR) is 193 cm³/mol. The number of ether oxygens (including phenoxy) is 2. The van der Waals surface area contributed by atoms with Crippen molar-refractivity contribution in [3.8, 4) is 17.0 Å². The number of carbonyl (C=O) groups is 3. The van der Waals surface area contributed by atoms with Gasteiger partial charge in [-0.1, -0.05) is 41.9 Å². The highest BCUT2D eigenvalue weighted by molar-refractivity contribution is 7.06. The molecule has 0 bridgehead atoms. The van der Waals surface area contributed by atoms with Crippen molar-refractivity contribution in [3.05, 3.63) is 87.8 Å². The van der Waals surface area contributed by atoms with Gasteiger partial charge in [-0.3, -0.25) is 14.9 Å². The first-order valence-electron chi connectivity index (χ1n) is 15.1. The fraction of sp³-hybridized carbons (Fsp3) is 0.324. The topological polar surface area (TPSA) is 143 Å². The molecule has 0 fully saturated rings. The van der Waals surface area contributed by atoms with Crippen LogP contribution in [0.15, 0.2) is 66.7 Å². The van der Waals surface area contributed by atoms with Crippen molar-refractivity contribution >= 4 is 64.3 Å². The maximum Gasteiger partial charge on any atom is 0.414 e. The molecule has 3 aromatic rings. The molecule has 256 valence electrons. The number of unbranched alkanes of at least 4 members (excludes halogenated alkanes) is 1. The summed E-state index contributed by atoms with van der Waals surface area (Å²) in [7, 11) is 0. The minimum Gasteiger partial charge on any atom is -0.490 e. The Morgan fingerprint density at radius 2 is 1.75 bits per heavy atom. The number of aryl methyl sites for hydroxylation is 1. The molecule has 0 saturated carbocycles. The summed E-state index contributed by atoms with van der Waals surface area (Å²) in [5.74, 6) is -0.445. The van der Waals surface area contributed by atoms with Crippen molar-refractivity contribution in [1.82, 2.24) is 20.3 Å². The normalized spacial score (nSPS) is 11.4. The Morgan fingerprint density at radius 3 is 2.38 bits per heavy atom. The van der Waals surface area contributed by atoms with Gasteiger partial charge in [0.05, 0.1) is 33.5 Å². The number of guanidine groups is 1. The van der Waals surface area contributed by atoms with Crippen LogP contribution >= 0.6 is 34.7 Å². The zero-order chi connectivity index (χ0) is 35.3. The van der Waals surface area contributed by atoms with Crippen LogP contribution in [0.3, 0.4) is 0 Å². The molecule has 0 aliphatic rings. The molecular formula is C34H40Cl2N6O5S. The van der Waals surface area contributed by atoms with Gasteiger partial charge in [-0.05, 0) is 101 Å². The Bertz CT molecular complexity index is 1630. The van der Waals surface area contributed by atoms with Gasteiger partial charge in [-0.25, -0.2) is 4.79 Å². The van der Waals surface area contributed by atoms with E-state index in [1.807, 2.05) is 6.08 Å². The number of allylic oxidation sites excluding steroid dienone is 1. The molecule has 0 spiro atoms. The van der Waals surface area contributed by atoms with E-state index in [0.29, 0.717) is 40.6 Å². The molecule has 1 heterocycles. The molecule has 48 heavy (non-hydrogen) atoms. The average molecular weight is 716 g/mol. The fourth-order valence-electron chi connectivity index (χ4n) is 4.14. The van der Waals surface area contributed by atoms with E-state index in [1.54, 1.807) is 70.2 Å². The van der Waals surface area contributed by atoms with E-state index >= 15 is 0 Å². The van der Waals surface area contributed by atoms with Gasteiger partial charge in [0.1, 0.15) is 18.0 Å². The largest absolute Gasteiger partial charge is 0.490 e. The SMILES string of the molecule is C=CCCCNCC(=O)Nc1c(Cl)cc(CN/C(=N/C(=O)c2c(-c3ccc(OCC=C)cc3)nsc2C)NC(=O)OC(C)(C)C)cc1Cl. The molecular weight excluding hydrogens is 675 g/mol. The number of hydrogen-bond donors (Lipinski definition) is 4. The number of carbonyl (C=O) groups excluding carboxylic acids is 3. The van der Waals surface area contributed by atoms with Gasteiger partial charge in [0.25, 0.3) is 5.91 Å². The number of rotatable bonds is 14. The molecule has 0 saturated heterocycles. The number of aromatic nitrogens is 1. The minimum atomic E-state index is -0.815.